The van der Waals surface area contributed by atoms with Crippen LogP contribution in [0.2, 0.25) is 0 Å². The molecule has 0 aliphatic carbocycles. The molecule has 0 fully saturated rings. The molecule has 1 heterocycles. The Bertz CT molecular complexity index is 726. The lowest BCUT2D eigenvalue weighted by Crippen LogP contribution is -2.23. The van der Waals surface area contributed by atoms with E-state index in [-0.39, 0.29) is 5.91 Å². The van der Waals surface area contributed by atoms with E-state index >= 15 is 0 Å². The molecule has 5 heteroatoms. The normalized spacial score (nSPS) is 12.6. The van der Waals surface area contributed by atoms with Crippen LogP contribution in [0.3, 0.4) is 0 Å². The average molecular weight is 340 g/mol. The number of carbonyl (C=O) groups is 1. The summed E-state index contributed by atoms with van der Waals surface area (Å²) in [5.74, 6) is 1.59. The average Bonchev–Trinajstić information content (AvgIpc) is 2.65. The second kappa shape index (κ2) is 7.92. The summed E-state index contributed by atoms with van der Waals surface area (Å²) in [6.07, 6.45) is 1.14. The van der Waals surface area contributed by atoms with Crippen LogP contribution in [0.1, 0.15) is 17.5 Å². The quantitative estimate of drug-likeness (QED) is 0.878. The predicted molar refractivity (Wildman–Crippen MR) is 98.4 cm³/mol. The van der Waals surface area contributed by atoms with Crippen molar-refractivity contribution in [3.8, 4) is 11.5 Å². The second-order valence-corrected chi connectivity index (χ2v) is 6.32. The molecule has 1 amide bonds. The lowest BCUT2D eigenvalue weighted by Gasteiger charge is -2.18. The van der Waals surface area contributed by atoms with Gasteiger partial charge >= 0.3 is 0 Å². The first kappa shape index (κ1) is 17.1. The van der Waals surface area contributed by atoms with E-state index in [1.54, 1.807) is 0 Å². The Morgan fingerprint density at radius 2 is 1.68 bits per heavy atom. The van der Waals surface area contributed by atoms with E-state index < -0.39 is 0 Å². The maximum Gasteiger partial charge on any atom is 0.220 e. The molecule has 2 aromatic carbocycles. The molecule has 1 N–H and O–H groups in total. The van der Waals surface area contributed by atoms with Gasteiger partial charge in [0.15, 0.2) is 11.5 Å². The summed E-state index contributed by atoms with van der Waals surface area (Å²) < 4.78 is 11.1. The van der Waals surface area contributed by atoms with Crippen molar-refractivity contribution in [3.05, 3.63) is 53.6 Å². The Balaban J connectivity index is 1.46. The van der Waals surface area contributed by atoms with E-state index in [0.717, 1.165) is 28.3 Å². The molecule has 3 rings (SSSR count). The summed E-state index contributed by atoms with van der Waals surface area (Å²) >= 11 is 0. The zero-order valence-electron chi connectivity index (χ0n) is 14.7. The smallest absolute Gasteiger partial charge is 0.220 e. The third kappa shape index (κ3) is 4.66. The van der Waals surface area contributed by atoms with Crippen LogP contribution in [0.25, 0.3) is 0 Å². The van der Waals surface area contributed by atoms with Crippen molar-refractivity contribution < 1.29 is 14.3 Å². The van der Waals surface area contributed by atoms with Gasteiger partial charge in [0, 0.05) is 32.7 Å². The Hall–Kier alpha value is -2.69. The molecule has 0 saturated carbocycles. The molecule has 1 aliphatic rings. The van der Waals surface area contributed by atoms with Crippen molar-refractivity contribution in [3.63, 3.8) is 0 Å². The minimum atomic E-state index is 0.0478. The highest BCUT2D eigenvalue weighted by atomic mass is 16.6. The monoisotopic (exact) mass is 340 g/mol. The molecule has 0 saturated heterocycles. The van der Waals surface area contributed by atoms with Gasteiger partial charge < -0.3 is 19.7 Å². The van der Waals surface area contributed by atoms with Gasteiger partial charge in [-0.3, -0.25) is 4.79 Å². The maximum absolute atomic E-state index is 12.1. The minimum Gasteiger partial charge on any atom is -0.486 e. The van der Waals surface area contributed by atoms with Gasteiger partial charge in [-0.2, -0.15) is 0 Å². The molecule has 0 bridgehead atoms. The van der Waals surface area contributed by atoms with Gasteiger partial charge in [0.2, 0.25) is 5.91 Å². The number of benzene rings is 2. The molecule has 0 spiro atoms. The van der Waals surface area contributed by atoms with Gasteiger partial charge in [-0.25, -0.2) is 0 Å². The van der Waals surface area contributed by atoms with E-state index in [9.17, 15) is 4.79 Å². The summed E-state index contributed by atoms with van der Waals surface area (Å²) in [6.45, 7) is 1.71. The van der Waals surface area contributed by atoms with Crippen LogP contribution in [0, 0.1) is 0 Å². The second-order valence-electron chi connectivity index (χ2n) is 6.32. The van der Waals surface area contributed by atoms with Crippen LogP contribution in [0.4, 0.5) is 5.69 Å². The number of fused-ring (bicyclic) bond motifs is 1. The first-order valence-electron chi connectivity index (χ1n) is 8.53. The number of aryl methyl sites for hydroxylation is 1. The summed E-state index contributed by atoms with van der Waals surface area (Å²) in [7, 11) is 4.02. The topological polar surface area (TPSA) is 50.8 Å². The van der Waals surface area contributed by atoms with Crippen LogP contribution >= 0.6 is 0 Å². The fourth-order valence-electron chi connectivity index (χ4n) is 2.70. The van der Waals surface area contributed by atoms with Crippen LogP contribution in [0.15, 0.2) is 42.5 Å². The lowest BCUT2D eigenvalue weighted by atomic mass is 10.1. The predicted octanol–water partition coefficient (Wildman–Crippen LogP) is 2.77. The minimum absolute atomic E-state index is 0.0478. The van der Waals surface area contributed by atoms with E-state index in [4.69, 9.17) is 9.47 Å². The summed E-state index contributed by atoms with van der Waals surface area (Å²) in [5.41, 5.74) is 3.32. The number of hydrogen-bond donors (Lipinski definition) is 1. The number of carbonyl (C=O) groups excluding carboxylic acids is 1. The summed E-state index contributed by atoms with van der Waals surface area (Å²) in [6, 6.07) is 14.0. The summed E-state index contributed by atoms with van der Waals surface area (Å²) in [4.78, 5) is 14.1. The number of anilines is 1. The highest BCUT2D eigenvalue weighted by molar-refractivity contribution is 5.76. The molecular formula is C20H24N2O3. The Morgan fingerprint density at radius 3 is 2.40 bits per heavy atom. The van der Waals surface area contributed by atoms with Crippen molar-refractivity contribution in [2.45, 2.75) is 19.4 Å². The zero-order valence-corrected chi connectivity index (χ0v) is 14.7. The van der Waals surface area contributed by atoms with Gasteiger partial charge in [-0.1, -0.05) is 18.2 Å². The highest BCUT2D eigenvalue weighted by Crippen LogP contribution is 2.31. The van der Waals surface area contributed by atoms with Gasteiger partial charge in [0.1, 0.15) is 13.2 Å². The molecule has 1 aliphatic heterocycles. The largest absolute Gasteiger partial charge is 0.486 e. The third-order valence-corrected chi connectivity index (χ3v) is 4.19. The van der Waals surface area contributed by atoms with Crippen LogP contribution in [-0.4, -0.2) is 33.2 Å². The van der Waals surface area contributed by atoms with Crippen molar-refractivity contribution >= 4 is 11.6 Å². The number of hydrogen-bond acceptors (Lipinski definition) is 4. The standard InChI is InChI=1S/C20H24N2O3/c1-22(2)17-7-3-16(4-8-17)14-21-20(23)10-6-15-5-9-18-19(13-15)25-12-11-24-18/h3-5,7-9,13H,6,10-12,14H2,1-2H3,(H,21,23). The van der Waals surface area contributed by atoms with Crippen molar-refractivity contribution in [2.75, 3.05) is 32.2 Å². The molecule has 0 aromatic heterocycles. The first-order chi connectivity index (χ1) is 12.1. The van der Waals surface area contributed by atoms with E-state index in [2.05, 4.69) is 22.3 Å². The maximum atomic E-state index is 12.1. The van der Waals surface area contributed by atoms with E-state index in [0.29, 0.717) is 32.6 Å². The van der Waals surface area contributed by atoms with Crippen molar-refractivity contribution in [1.82, 2.24) is 5.32 Å². The molecule has 5 nitrogen and oxygen atoms in total. The van der Waals surface area contributed by atoms with E-state index in [1.807, 2.05) is 44.4 Å². The fraction of sp³-hybridized carbons (Fsp3) is 0.350. The number of rotatable bonds is 6. The molecule has 0 atom stereocenters. The summed E-state index contributed by atoms with van der Waals surface area (Å²) in [5, 5.41) is 2.97. The lowest BCUT2D eigenvalue weighted by molar-refractivity contribution is -0.121. The van der Waals surface area contributed by atoms with Gasteiger partial charge in [-0.15, -0.1) is 0 Å². The molecule has 2 aromatic rings. The van der Waals surface area contributed by atoms with Crippen LogP contribution < -0.4 is 19.7 Å². The molecule has 132 valence electrons. The third-order valence-electron chi connectivity index (χ3n) is 4.19. The van der Waals surface area contributed by atoms with Crippen molar-refractivity contribution in [2.24, 2.45) is 0 Å². The Kier molecular flexibility index (Phi) is 5.43. The first-order valence-corrected chi connectivity index (χ1v) is 8.53. The molecule has 0 unspecified atom stereocenters. The number of nitrogens with zero attached hydrogens (tertiary/aromatic N) is 1. The number of nitrogens with one attached hydrogen (secondary N) is 1. The van der Waals surface area contributed by atoms with E-state index in [1.165, 1.54) is 0 Å². The Morgan fingerprint density at radius 1 is 1.00 bits per heavy atom. The van der Waals surface area contributed by atoms with Crippen LogP contribution in [0.5, 0.6) is 11.5 Å². The Labute approximate surface area is 148 Å². The molecule has 25 heavy (non-hydrogen) atoms. The number of amides is 1. The highest BCUT2D eigenvalue weighted by Gasteiger charge is 2.12. The SMILES string of the molecule is CN(C)c1ccc(CNC(=O)CCc2ccc3c(c2)OCCO3)cc1. The zero-order chi connectivity index (χ0) is 17.6. The molecule has 0 radical (unpaired) electrons. The number of ether oxygens (including phenoxy) is 2. The van der Waals surface area contributed by atoms with Gasteiger partial charge in [0.05, 0.1) is 0 Å². The van der Waals surface area contributed by atoms with Gasteiger partial charge in [-0.05, 0) is 41.8 Å². The molecular weight excluding hydrogens is 316 g/mol. The van der Waals surface area contributed by atoms with Gasteiger partial charge in [0.25, 0.3) is 0 Å². The van der Waals surface area contributed by atoms with Crippen LogP contribution in [-0.2, 0) is 17.8 Å². The fourth-order valence-corrected chi connectivity index (χ4v) is 2.70. The van der Waals surface area contributed by atoms with Crippen molar-refractivity contribution in [1.29, 1.82) is 0 Å².